The largest absolute Gasteiger partial charge is 0.508 e. The van der Waals surface area contributed by atoms with Crippen LogP contribution >= 0.6 is 0 Å². The Kier molecular flexibility index (Phi) is 3.67. The second-order valence-corrected chi connectivity index (χ2v) is 4.21. The first-order valence-corrected chi connectivity index (χ1v) is 5.70. The van der Waals surface area contributed by atoms with Gasteiger partial charge in [-0.05, 0) is 42.8 Å². The van der Waals surface area contributed by atoms with Gasteiger partial charge in [0.05, 0.1) is 11.6 Å². The van der Waals surface area contributed by atoms with Crippen molar-refractivity contribution in [2.24, 2.45) is 0 Å². The molecule has 0 aliphatic heterocycles. The quantitative estimate of drug-likeness (QED) is 0.917. The lowest BCUT2D eigenvalue weighted by Crippen LogP contribution is -1.99. The van der Waals surface area contributed by atoms with Crippen molar-refractivity contribution in [2.45, 2.75) is 13.5 Å². The molecule has 0 aromatic heterocycles. The number of benzene rings is 2. The number of aryl methyl sites for hydroxylation is 1. The number of halogens is 1. The highest BCUT2D eigenvalue weighted by Gasteiger charge is 2.05. The fourth-order valence-corrected chi connectivity index (χ4v) is 1.76. The van der Waals surface area contributed by atoms with Gasteiger partial charge in [-0.25, -0.2) is 4.39 Å². The number of hydrogen-bond acceptors (Lipinski definition) is 3. The lowest BCUT2D eigenvalue weighted by molar-refractivity contribution is 0.303. The predicted octanol–water partition coefficient (Wildman–Crippen LogP) is 3.29. The van der Waals surface area contributed by atoms with Gasteiger partial charge in [-0.1, -0.05) is 0 Å². The molecule has 19 heavy (non-hydrogen) atoms. The Morgan fingerprint density at radius 3 is 2.74 bits per heavy atom. The molecule has 2 rings (SSSR count). The zero-order valence-electron chi connectivity index (χ0n) is 10.4. The van der Waals surface area contributed by atoms with Crippen LogP contribution in [0.15, 0.2) is 36.4 Å². The van der Waals surface area contributed by atoms with Crippen molar-refractivity contribution in [1.82, 2.24) is 0 Å². The van der Waals surface area contributed by atoms with Gasteiger partial charge in [0.1, 0.15) is 23.9 Å². The van der Waals surface area contributed by atoms with E-state index in [0.717, 1.165) is 5.56 Å². The summed E-state index contributed by atoms with van der Waals surface area (Å²) in [7, 11) is 0. The zero-order chi connectivity index (χ0) is 13.8. The molecule has 0 radical (unpaired) electrons. The number of nitrogens with zero attached hydrogens (tertiary/aromatic N) is 1. The number of phenols is 1. The summed E-state index contributed by atoms with van der Waals surface area (Å²) in [6.45, 7) is 1.90. The first-order valence-electron chi connectivity index (χ1n) is 5.70. The Hall–Kier alpha value is -2.54. The molecule has 2 aromatic carbocycles. The summed E-state index contributed by atoms with van der Waals surface area (Å²) in [5.74, 6) is 0.171. The van der Waals surface area contributed by atoms with Gasteiger partial charge in [0.2, 0.25) is 0 Å². The number of aromatic hydroxyl groups is 1. The standard InChI is InChI=1S/C15H12FNO2/c1-10-4-14(18)7-15(5-10)19-9-12-6-13(16)3-2-11(12)8-17/h2-7,18H,9H2,1H3. The third kappa shape index (κ3) is 3.23. The van der Waals surface area contributed by atoms with Crippen LogP contribution in [0.4, 0.5) is 4.39 Å². The molecule has 4 heteroatoms. The molecule has 0 aliphatic carbocycles. The summed E-state index contributed by atoms with van der Waals surface area (Å²) in [6.07, 6.45) is 0. The van der Waals surface area contributed by atoms with Crippen LogP contribution in [0, 0.1) is 24.1 Å². The summed E-state index contributed by atoms with van der Waals surface area (Å²) >= 11 is 0. The molecule has 1 N–H and O–H groups in total. The summed E-state index contributed by atoms with van der Waals surface area (Å²) in [5, 5.41) is 18.4. The lowest BCUT2D eigenvalue weighted by Gasteiger charge is -2.09. The number of rotatable bonds is 3. The van der Waals surface area contributed by atoms with Crippen LogP contribution in [0.3, 0.4) is 0 Å². The zero-order valence-corrected chi connectivity index (χ0v) is 10.4. The molecule has 0 unspecified atom stereocenters. The van der Waals surface area contributed by atoms with E-state index in [0.29, 0.717) is 16.9 Å². The Morgan fingerprint density at radius 2 is 2.05 bits per heavy atom. The maximum atomic E-state index is 13.1. The van der Waals surface area contributed by atoms with E-state index in [1.165, 1.54) is 24.3 Å². The maximum Gasteiger partial charge on any atom is 0.123 e. The van der Waals surface area contributed by atoms with E-state index in [2.05, 4.69) is 0 Å². The first-order chi connectivity index (χ1) is 9.08. The molecular weight excluding hydrogens is 245 g/mol. The second kappa shape index (κ2) is 5.40. The van der Waals surface area contributed by atoms with Gasteiger partial charge < -0.3 is 9.84 Å². The summed E-state index contributed by atoms with van der Waals surface area (Å²) in [5.41, 5.74) is 1.71. The summed E-state index contributed by atoms with van der Waals surface area (Å²) in [4.78, 5) is 0. The SMILES string of the molecule is Cc1cc(O)cc(OCc2cc(F)ccc2C#N)c1. The van der Waals surface area contributed by atoms with Crippen molar-refractivity contribution in [3.63, 3.8) is 0 Å². The van der Waals surface area contributed by atoms with Gasteiger partial charge in [0.15, 0.2) is 0 Å². The van der Waals surface area contributed by atoms with Gasteiger partial charge in [-0.2, -0.15) is 5.26 Å². The van der Waals surface area contributed by atoms with Crippen LogP contribution in [0.25, 0.3) is 0 Å². The van der Waals surface area contributed by atoms with Crippen LogP contribution in [0.5, 0.6) is 11.5 Å². The van der Waals surface area contributed by atoms with Crippen LogP contribution in [-0.2, 0) is 6.61 Å². The highest BCUT2D eigenvalue weighted by atomic mass is 19.1. The average Bonchev–Trinajstić information content (AvgIpc) is 2.35. The number of nitriles is 1. The van der Waals surface area contributed by atoms with Crippen LogP contribution in [0.2, 0.25) is 0 Å². The normalized spacial score (nSPS) is 9.95. The predicted molar refractivity (Wildman–Crippen MR) is 68.3 cm³/mol. The first kappa shape index (κ1) is 12.9. The minimum Gasteiger partial charge on any atom is -0.508 e. The molecule has 0 spiro atoms. The fourth-order valence-electron chi connectivity index (χ4n) is 1.76. The van der Waals surface area contributed by atoms with Gasteiger partial charge in [0.25, 0.3) is 0 Å². The van der Waals surface area contributed by atoms with Gasteiger partial charge in [-0.15, -0.1) is 0 Å². The van der Waals surface area contributed by atoms with Crippen molar-refractivity contribution < 1.29 is 14.2 Å². The Bertz CT molecular complexity index is 627. The van der Waals surface area contributed by atoms with Gasteiger partial charge >= 0.3 is 0 Å². The minimum atomic E-state index is -0.412. The maximum absolute atomic E-state index is 13.1. The van der Waals surface area contributed by atoms with E-state index >= 15 is 0 Å². The molecule has 0 amide bonds. The summed E-state index contributed by atoms with van der Waals surface area (Å²) in [6, 6.07) is 10.7. The van der Waals surface area contributed by atoms with E-state index in [-0.39, 0.29) is 12.4 Å². The topological polar surface area (TPSA) is 53.2 Å². The van der Waals surface area contributed by atoms with Gasteiger partial charge in [0, 0.05) is 11.6 Å². The number of ether oxygens (including phenoxy) is 1. The molecule has 2 aromatic rings. The molecule has 96 valence electrons. The average molecular weight is 257 g/mol. The van der Waals surface area contributed by atoms with E-state index in [1.807, 2.05) is 13.0 Å². The van der Waals surface area contributed by atoms with Crippen molar-refractivity contribution in [3.05, 3.63) is 58.9 Å². The van der Waals surface area contributed by atoms with Crippen molar-refractivity contribution >= 4 is 0 Å². The highest BCUT2D eigenvalue weighted by molar-refractivity contribution is 5.39. The molecule has 3 nitrogen and oxygen atoms in total. The molecule has 0 saturated carbocycles. The van der Waals surface area contributed by atoms with E-state index in [4.69, 9.17) is 10.00 Å². The molecule has 0 atom stereocenters. The Labute approximate surface area is 110 Å². The lowest BCUT2D eigenvalue weighted by atomic mass is 10.1. The second-order valence-electron chi connectivity index (χ2n) is 4.21. The third-order valence-corrected chi connectivity index (χ3v) is 2.62. The smallest absolute Gasteiger partial charge is 0.123 e. The number of hydrogen-bond donors (Lipinski definition) is 1. The van der Waals surface area contributed by atoms with Crippen molar-refractivity contribution in [3.8, 4) is 17.6 Å². The van der Waals surface area contributed by atoms with Crippen LogP contribution < -0.4 is 4.74 Å². The number of phenolic OH excluding ortho intramolecular Hbond substituents is 1. The third-order valence-electron chi connectivity index (χ3n) is 2.62. The summed E-state index contributed by atoms with van der Waals surface area (Å²) < 4.78 is 18.6. The molecule has 0 fully saturated rings. The molecule has 0 heterocycles. The highest BCUT2D eigenvalue weighted by Crippen LogP contribution is 2.22. The molecule has 0 saturated heterocycles. The van der Waals surface area contributed by atoms with Crippen molar-refractivity contribution in [1.29, 1.82) is 5.26 Å². The Morgan fingerprint density at radius 1 is 1.26 bits per heavy atom. The van der Waals surface area contributed by atoms with Gasteiger partial charge in [-0.3, -0.25) is 0 Å². The van der Waals surface area contributed by atoms with E-state index in [1.54, 1.807) is 12.1 Å². The van der Waals surface area contributed by atoms with E-state index < -0.39 is 5.82 Å². The van der Waals surface area contributed by atoms with Crippen molar-refractivity contribution in [2.75, 3.05) is 0 Å². The minimum absolute atomic E-state index is 0.0730. The molecular formula is C15H12FNO2. The Balaban J connectivity index is 2.19. The molecule has 0 bridgehead atoms. The van der Waals surface area contributed by atoms with Crippen LogP contribution in [-0.4, -0.2) is 5.11 Å². The molecule has 0 aliphatic rings. The van der Waals surface area contributed by atoms with E-state index in [9.17, 15) is 9.50 Å². The monoisotopic (exact) mass is 257 g/mol. The fraction of sp³-hybridized carbons (Fsp3) is 0.133. The van der Waals surface area contributed by atoms with Crippen LogP contribution in [0.1, 0.15) is 16.7 Å².